The summed E-state index contributed by atoms with van der Waals surface area (Å²) in [7, 11) is 0. The summed E-state index contributed by atoms with van der Waals surface area (Å²) in [5.74, 6) is -1.09. The summed E-state index contributed by atoms with van der Waals surface area (Å²) in [6.45, 7) is 2.60. The minimum absolute atomic E-state index is 0.119. The monoisotopic (exact) mass is 291 g/mol. The van der Waals surface area contributed by atoms with E-state index in [0.29, 0.717) is 18.7 Å². The van der Waals surface area contributed by atoms with Crippen LogP contribution in [0.5, 0.6) is 0 Å². The van der Waals surface area contributed by atoms with Crippen LogP contribution in [0.1, 0.15) is 25.3 Å². The van der Waals surface area contributed by atoms with Gasteiger partial charge in [-0.15, -0.1) is 0 Å². The molecule has 2 rings (SSSR count). The van der Waals surface area contributed by atoms with Crippen molar-refractivity contribution in [3.63, 3.8) is 0 Å². The highest BCUT2D eigenvalue weighted by molar-refractivity contribution is 5.87. The predicted molar refractivity (Wildman–Crippen MR) is 78.7 cm³/mol. The minimum Gasteiger partial charge on any atom is -0.479 e. The van der Waals surface area contributed by atoms with E-state index in [1.165, 1.54) is 6.92 Å². The second-order valence-corrected chi connectivity index (χ2v) is 5.55. The fraction of sp³-hybridized carbons (Fsp3) is 0.467. The van der Waals surface area contributed by atoms with Crippen LogP contribution >= 0.6 is 0 Å². The molecular formula is C15H21N3O3. The predicted octanol–water partition coefficient (Wildman–Crippen LogP) is 1.12. The van der Waals surface area contributed by atoms with Gasteiger partial charge in [-0.3, -0.25) is 0 Å². The lowest BCUT2D eigenvalue weighted by molar-refractivity contribution is -0.144. The molecule has 1 unspecified atom stereocenters. The van der Waals surface area contributed by atoms with Gasteiger partial charge in [0.05, 0.1) is 0 Å². The van der Waals surface area contributed by atoms with E-state index >= 15 is 0 Å². The largest absolute Gasteiger partial charge is 0.479 e. The third-order valence-electron chi connectivity index (χ3n) is 3.96. The summed E-state index contributed by atoms with van der Waals surface area (Å²) >= 11 is 0. The highest BCUT2D eigenvalue weighted by Crippen LogP contribution is 2.22. The maximum atomic E-state index is 12.3. The fourth-order valence-electron chi connectivity index (χ4n) is 2.42. The number of rotatable bonds is 3. The van der Waals surface area contributed by atoms with Gasteiger partial charge in [0, 0.05) is 19.1 Å². The molecule has 4 N–H and O–H groups in total. The Kier molecular flexibility index (Phi) is 4.47. The summed E-state index contributed by atoms with van der Waals surface area (Å²) in [6, 6.07) is 8.45. The van der Waals surface area contributed by atoms with E-state index in [-0.39, 0.29) is 12.1 Å². The Hall–Kier alpha value is -2.08. The Morgan fingerprint density at radius 2 is 1.86 bits per heavy atom. The van der Waals surface area contributed by atoms with Crippen LogP contribution in [-0.2, 0) is 10.3 Å². The average Bonchev–Trinajstić information content (AvgIpc) is 2.48. The topological polar surface area (TPSA) is 95.7 Å². The number of carboxylic acid groups (broad SMARTS) is 1. The highest BCUT2D eigenvalue weighted by atomic mass is 16.4. The Balaban J connectivity index is 2.13. The number of likely N-dealkylation sites (tertiary alicyclic amines) is 1. The summed E-state index contributed by atoms with van der Waals surface area (Å²) in [5, 5.41) is 12.2. The van der Waals surface area contributed by atoms with Crippen molar-refractivity contribution in [1.29, 1.82) is 0 Å². The highest BCUT2D eigenvalue weighted by Gasteiger charge is 2.38. The number of carboxylic acids is 1. The number of urea groups is 1. The van der Waals surface area contributed by atoms with Crippen LogP contribution in [0.15, 0.2) is 30.3 Å². The molecule has 1 fully saturated rings. The van der Waals surface area contributed by atoms with E-state index in [2.05, 4.69) is 5.32 Å². The number of benzene rings is 1. The minimum atomic E-state index is -1.45. The van der Waals surface area contributed by atoms with Crippen LogP contribution in [0.4, 0.5) is 4.79 Å². The second-order valence-electron chi connectivity index (χ2n) is 5.55. The van der Waals surface area contributed by atoms with E-state index < -0.39 is 11.5 Å². The van der Waals surface area contributed by atoms with E-state index in [4.69, 9.17) is 5.73 Å². The first-order chi connectivity index (χ1) is 9.93. The van der Waals surface area contributed by atoms with Gasteiger partial charge < -0.3 is 21.1 Å². The van der Waals surface area contributed by atoms with E-state index in [1.54, 1.807) is 35.2 Å². The Morgan fingerprint density at radius 3 is 2.38 bits per heavy atom. The second kappa shape index (κ2) is 6.13. The number of nitrogens with two attached hydrogens (primary N) is 1. The van der Waals surface area contributed by atoms with Gasteiger partial charge in [-0.25, -0.2) is 9.59 Å². The molecule has 0 aliphatic carbocycles. The van der Waals surface area contributed by atoms with Crippen LogP contribution in [0.2, 0.25) is 0 Å². The molecule has 1 aromatic carbocycles. The standard InChI is InChI=1S/C15H21N3O3/c1-15(13(19)20,11-5-3-2-4-6-11)17-14(21)18-9-7-12(16)8-10-18/h2-6,12H,7-10,16H2,1H3,(H,17,21)(H,19,20). The smallest absolute Gasteiger partial charge is 0.333 e. The number of hydrogen-bond acceptors (Lipinski definition) is 3. The molecule has 1 saturated heterocycles. The van der Waals surface area contributed by atoms with Crippen molar-refractivity contribution in [2.75, 3.05) is 13.1 Å². The molecule has 2 amide bonds. The zero-order chi connectivity index (χ0) is 15.5. The van der Waals surface area contributed by atoms with Crippen LogP contribution in [0.3, 0.4) is 0 Å². The number of carbonyl (C=O) groups is 2. The average molecular weight is 291 g/mol. The molecule has 0 spiro atoms. The normalized spacial score (nSPS) is 18.9. The molecule has 21 heavy (non-hydrogen) atoms. The number of aliphatic carboxylic acids is 1. The summed E-state index contributed by atoms with van der Waals surface area (Å²) < 4.78 is 0. The molecule has 0 radical (unpaired) electrons. The third-order valence-corrected chi connectivity index (χ3v) is 3.96. The lowest BCUT2D eigenvalue weighted by Crippen LogP contribution is -2.56. The van der Waals surface area contributed by atoms with Crippen molar-refractivity contribution >= 4 is 12.0 Å². The van der Waals surface area contributed by atoms with Crippen LogP contribution < -0.4 is 11.1 Å². The number of piperidine rings is 1. The molecule has 0 saturated carbocycles. The SMILES string of the molecule is CC(NC(=O)N1CCC(N)CC1)(C(=O)O)c1ccccc1. The maximum absolute atomic E-state index is 12.3. The first-order valence-electron chi connectivity index (χ1n) is 7.05. The van der Waals surface area contributed by atoms with Crippen molar-refractivity contribution < 1.29 is 14.7 Å². The quantitative estimate of drug-likeness (QED) is 0.777. The van der Waals surface area contributed by atoms with Crippen molar-refractivity contribution in [2.24, 2.45) is 5.73 Å². The van der Waals surface area contributed by atoms with Gasteiger partial charge in [-0.05, 0) is 25.3 Å². The van der Waals surface area contributed by atoms with Gasteiger partial charge in [-0.2, -0.15) is 0 Å². The lowest BCUT2D eigenvalue weighted by atomic mass is 9.92. The maximum Gasteiger partial charge on any atom is 0.333 e. The van der Waals surface area contributed by atoms with Gasteiger partial charge in [0.25, 0.3) is 0 Å². The Labute approximate surface area is 123 Å². The number of carbonyl (C=O) groups excluding carboxylic acids is 1. The van der Waals surface area contributed by atoms with Gasteiger partial charge in [-0.1, -0.05) is 30.3 Å². The van der Waals surface area contributed by atoms with Gasteiger partial charge in [0.2, 0.25) is 0 Å². The van der Waals surface area contributed by atoms with Crippen LogP contribution in [-0.4, -0.2) is 41.1 Å². The molecule has 1 aliphatic heterocycles. The summed E-state index contributed by atoms with van der Waals surface area (Å²) in [6.07, 6.45) is 1.48. The molecule has 6 nitrogen and oxygen atoms in total. The van der Waals surface area contributed by atoms with Crippen molar-refractivity contribution in [2.45, 2.75) is 31.3 Å². The van der Waals surface area contributed by atoms with Crippen LogP contribution in [0.25, 0.3) is 0 Å². The lowest BCUT2D eigenvalue weighted by Gasteiger charge is -2.34. The van der Waals surface area contributed by atoms with E-state index in [9.17, 15) is 14.7 Å². The molecule has 6 heteroatoms. The zero-order valence-corrected chi connectivity index (χ0v) is 12.1. The van der Waals surface area contributed by atoms with E-state index in [1.807, 2.05) is 0 Å². The van der Waals surface area contributed by atoms with Crippen molar-refractivity contribution in [1.82, 2.24) is 10.2 Å². The number of nitrogens with one attached hydrogen (secondary N) is 1. The molecule has 1 aliphatic rings. The number of amides is 2. The number of hydrogen-bond donors (Lipinski definition) is 3. The van der Waals surface area contributed by atoms with Crippen LogP contribution in [0, 0.1) is 0 Å². The Bertz CT molecular complexity index is 512. The molecular weight excluding hydrogens is 270 g/mol. The van der Waals surface area contributed by atoms with Gasteiger partial charge >= 0.3 is 12.0 Å². The summed E-state index contributed by atoms with van der Waals surface area (Å²) in [4.78, 5) is 25.6. The van der Waals surface area contributed by atoms with Gasteiger partial charge in [0.1, 0.15) is 0 Å². The molecule has 1 heterocycles. The van der Waals surface area contributed by atoms with Crippen molar-refractivity contribution in [3.05, 3.63) is 35.9 Å². The van der Waals surface area contributed by atoms with E-state index in [0.717, 1.165) is 12.8 Å². The Morgan fingerprint density at radius 1 is 1.29 bits per heavy atom. The molecule has 1 atom stereocenters. The molecule has 114 valence electrons. The zero-order valence-electron chi connectivity index (χ0n) is 12.1. The molecule has 0 aromatic heterocycles. The van der Waals surface area contributed by atoms with Gasteiger partial charge in [0.15, 0.2) is 5.54 Å². The fourth-order valence-corrected chi connectivity index (χ4v) is 2.42. The first kappa shape index (κ1) is 15.3. The first-order valence-corrected chi connectivity index (χ1v) is 7.05. The third kappa shape index (κ3) is 3.33. The molecule has 1 aromatic rings. The molecule has 0 bridgehead atoms. The number of nitrogens with zero attached hydrogens (tertiary/aromatic N) is 1. The summed E-state index contributed by atoms with van der Waals surface area (Å²) in [5.41, 5.74) is 4.91. The van der Waals surface area contributed by atoms with Crippen molar-refractivity contribution in [3.8, 4) is 0 Å².